The third kappa shape index (κ3) is 1.52. The fraction of sp³-hybridized carbons (Fsp3) is 0.158. The molecule has 1 aromatic carbocycles. The highest BCUT2D eigenvalue weighted by molar-refractivity contribution is 7.98. The summed E-state index contributed by atoms with van der Waals surface area (Å²) in [6, 6.07) is 13.0. The number of hydrogen-bond donors (Lipinski definition) is 0. The summed E-state index contributed by atoms with van der Waals surface area (Å²) < 4.78 is 0. The fourth-order valence-corrected chi connectivity index (χ4v) is 4.74. The molecule has 3 heterocycles. The summed E-state index contributed by atoms with van der Waals surface area (Å²) in [5, 5.41) is 1.15. The number of rotatable bonds is 0. The van der Waals surface area contributed by atoms with E-state index in [1.165, 1.54) is 33.4 Å². The zero-order valence-electron chi connectivity index (χ0n) is 12.2. The highest BCUT2D eigenvalue weighted by Crippen LogP contribution is 2.52. The van der Waals surface area contributed by atoms with Gasteiger partial charge in [0.2, 0.25) is 0 Å². The molecular formula is C19H14N2S. The van der Waals surface area contributed by atoms with Gasteiger partial charge in [-0.05, 0) is 34.4 Å². The molecule has 106 valence electrons. The first-order chi connectivity index (χ1) is 10.8. The van der Waals surface area contributed by atoms with Crippen molar-refractivity contribution in [3.05, 3.63) is 65.5 Å². The average Bonchev–Trinajstić information content (AvgIpc) is 2.88. The van der Waals surface area contributed by atoms with Crippen LogP contribution in [0.1, 0.15) is 29.5 Å². The Morgan fingerprint density at radius 2 is 1.86 bits per heavy atom. The standard InChI is InChI=1S/C19H14N2S/c1-11-13-4-2-8-20-18(13)14-7-6-12-10-22-19-15(5-3-9-21-19)17(12)16(11)14/h2-9,11H,10H2,1H3. The molecule has 0 N–H and O–H groups in total. The van der Waals surface area contributed by atoms with Crippen molar-refractivity contribution >= 4 is 11.8 Å². The lowest BCUT2D eigenvalue weighted by Gasteiger charge is -2.23. The van der Waals surface area contributed by atoms with Crippen LogP contribution in [0.3, 0.4) is 0 Å². The Hall–Kier alpha value is -2.13. The van der Waals surface area contributed by atoms with Crippen LogP contribution in [0.25, 0.3) is 22.4 Å². The van der Waals surface area contributed by atoms with Crippen LogP contribution < -0.4 is 0 Å². The topological polar surface area (TPSA) is 25.8 Å². The van der Waals surface area contributed by atoms with Gasteiger partial charge in [0.15, 0.2) is 0 Å². The highest BCUT2D eigenvalue weighted by atomic mass is 32.2. The van der Waals surface area contributed by atoms with E-state index in [1.54, 1.807) is 0 Å². The third-order valence-electron chi connectivity index (χ3n) is 4.73. The molecule has 1 unspecified atom stereocenters. The molecule has 0 spiro atoms. The number of nitrogens with zero attached hydrogens (tertiary/aromatic N) is 2. The lowest BCUT2D eigenvalue weighted by Crippen LogP contribution is -2.03. The van der Waals surface area contributed by atoms with E-state index in [0.717, 1.165) is 16.5 Å². The van der Waals surface area contributed by atoms with E-state index >= 15 is 0 Å². The Morgan fingerprint density at radius 3 is 2.82 bits per heavy atom. The van der Waals surface area contributed by atoms with Crippen molar-refractivity contribution in [1.29, 1.82) is 0 Å². The number of pyridine rings is 2. The van der Waals surface area contributed by atoms with Gasteiger partial charge < -0.3 is 0 Å². The van der Waals surface area contributed by atoms with Crippen LogP contribution in [0.15, 0.2) is 53.8 Å². The summed E-state index contributed by atoms with van der Waals surface area (Å²) in [7, 11) is 0. The van der Waals surface area contributed by atoms with Gasteiger partial charge in [0.05, 0.1) is 5.69 Å². The fourth-order valence-electron chi connectivity index (χ4n) is 3.75. The van der Waals surface area contributed by atoms with Gasteiger partial charge in [-0.15, -0.1) is 11.8 Å². The Morgan fingerprint density at radius 1 is 1.00 bits per heavy atom. The molecule has 2 nitrogen and oxygen atoms in total. The molecule has 3 aromatic rings. The molecule has 1 aliphatic carbocycles. The molecule has 0 amide bonds. The van der Waals surface area contributed by atoms with Gasteiger partial charge in [-0.1, -0.05) is 31.2 Å². The summed E-state index contributed by atoms with van der Waals surface area (Å²) in [6.45, 7) is 2.30. The normalized spacial score (nSPS) is 17.4. The summed E-state index contributed by atoms with van der Waals surface area (Å²) in [6.07, 6.45) is 3.78. The first kappa shape index (κ1) is 12.4. The van der Waals surface area contributed by atoms with Crippen LogP contribution in [0.4, 0.5) is 0 Å². The van der Waals surface area contributed by atoms with Gasteiger partial charge in [0.1, 0.15) is 5.03 Å². The van der Waals surface area contributed by atoms with Crippen molar-refractivity contribution in [3.8, 4) is 22.4 Å². The van der Waals surface area contributed by atoms with Gasteiger partial charge in [0, 0.05) is 35.2 Å². The Bertz CT molecular complexity index is 917. The molecule has 2 aliphatic rings. The SMILES string of the molecule is CC1c2cccnc2-c2ccc3c(c21)-c1cccnc1SC3. The van der Waals surface area contributed by atoms with Gasteiger partial charge in [-0.25, -0.2) is 4.98 Å². The summed E-state index contributed by atoms with van der Waals surface area (Å²) in [5.74, 6) is 1.40. The van der Waals surface area contributed by atoms with Crippen LogP contribution in [-0.4, -0.2) is 9.97 Å². The van der Waals surface area contributed by atoms with E-state index < -0.39 is 0 Å². The zero-order chi connectivity index (χ0) is 14.7. The van der Waals surface area contributed by atoms with E-state index in [-0.39, 0.29) is 0 Å². The predicted molar refractivity (Wildman–Crippen MR) is 90.0 cm³/mol. The van der Waals surface area contributed by atoms with Crippen LogP contribution in [0.2, 0.25) is 0 Å². The third-order valence-corrected chi connectivity index (χ3v) is 5.78. The number of benzene rings is 1. The van der Waals surface area contributed by atoms with E-state index in [0.29, 0.717) is 5.92 Å². The minimum Gasteiger partial charge on any atom is -0.256 e. The molecule has 3 heteroatoms. The number of fused-ring (bicyclic) bond motifs is 7. The lowest BCUT2D eigenvalue weighted by molar-refractivity contribution is 0.948. The van der Waals surface area contributed by atoms with Crippen molar-refractivity contribution in [2.45, 2.75) is 23.6 Å². The number of aromatic nitrogens is 2. The summed E-state index contributed by atoms with van der Waals surface area (Å²) in [5.41, 5.74) is 9.31. The van der Waals surface area contributed by atoms with Crippen molar-refractivity contribution in [1.82, 2.24) is 9.97 Å². The molecule has 0 radical (unpaired) electrons. The maximum absolute atomic E-state index is 4.64. The average molecular weight is 302 g/mol. The first-order valence-corrected chi connectivity index (χ1v) is 8.52. The van der Waals surface area contributed by atoms with Crippen molar-refractivity contribution in [2.24, 2.45) is 0 Å². The maximum atomic E-state index is 4.64. The molecule has 1 aliphatic heterocycles. The van der Waals surface area contributed by atoms with E-state index in [2.05, 4.69) is 41.2 Å². The molecular weight excluding hydrogens is 288 g/mol. The Kier molecular flexibility index (Phi) is 2.50. The van der Waals surface area contributed by atoms with E-state index in [4.69, 9.17) is 0 Å². The van der Waals surface area contributed by atoms with Gasteiger partial charge in [-0.3, -0.25) is 4.98 Å². The van der Waals surface area contributed by atoms with Crippen LogP contribution >= 0.6 is 11.8 Å². The minimum atomic E-state index is 0.393. The van der Waals surface area contributed by atoms with Crippen LogP contribution in [0, 0.1) is 0 Å². The number of hydrogen-bond acceptors (Lipinski definition) is 3. The second-order valence-electron chi connectivity index (χ2n) is 5.87. The summed E-state index contributed by atoms with van der Waals surface area (Å²) >= 11 is 1.84. The molecule has 0 fully saturated rings. The van der Waals surface area contributed by atoms with Gasteiger partial charge >= 0.3 is 0 Å². The minimum absolute atomic E-state index is 0.393. The molecule has 1 atom stereocenters. The van der Waals surface area contributed by atoms with Crippen molar-refractivity contribution in [3.63, 3.8) is 0 Å². The van der Waals surface area contributed by atoms with Gasteiger partial charge in [0.25, 0.3) is 0 Å². The van der Waals surface area contributed by atoms with E-state index in [1.807, 2.05) is 36.3 Å². The molecule has 5 rings (SSSR count). The molecule has 2 aromatic heterocycles. The first-order valence-electron chi connectivity index (χ1n) is 7.54. The quantitative estimate of drug-likeness (QED) is 0.592. The maximum Gasteiger partial charge on any atom is 0.104 e. The monoisotopic (exact) mass is 302 g/mol. The number of thioether (sulfide) groups is 1. The van der Waals surface area contributed by atoms with Crippen LogP contribution in [0.5, 0.6) is 0 Å². The lowest BCUT2D eigenvalue weighted by atomic mass is 9.88. The molecule has 0 saturated carbocycles. The molecule has 0 saturated heterocycles. The van der Waals surface area contributed by atoms with E-state index in [9.17, 15) is 0 Å². The molecule has 22 heavy (non-hydrogen) atoms. The smallest absolute Gasteiger partial charge is 0.104 e. The molecule has 0 bridgehead atoms. The van der Waals surface area contributed by atoms with Gasteiger partial charge in [-0.2, -0.15) is 0 Å². The zero-order valence-corrected chi connectivity index (χ0v) is 13.0. The van der Waals surface area contributed by atoms with Crippen molar-refractivity contribution < 1.29 is 0 Å². The largest absolute Gasteiger partial charge is 0.256 e. The van der Waals surface area contributed by atoms with Crippen molar-refractivity contribution in [2.75, 3.05) is 0 Å². The summed E-state index contributed by atoms with van der Waals surface area (Å²) in [4.78, 5) is 9.20. The Labute approximate surface area is 133 Å². The Balaban J connectivity index is 1.87. The second kappa shape index (κ2) is 4.43. The highest BCUT2D eigenvalue weighted by Gasteiger charge is 2.32. The predicted octanol–water partition coefficient (Wildman–Crippen LogP) is 4.88. The second-order valence-corrected chi connectivity index (χ2v) is 6.83. The van der Waals surface area contributed by atoms with Crippen LogP contribution in [-0.2, 0) is 5.75 Å².